The predicted octanol–water partition coefficient (Wildman–Crippen LogP) is 2.35. The summed E-state index contributed by atoms with van der Waals surface area (Å²) in [6.45, 7) is 4.87. The molecule has 0 aliphatic heterocycles. The van der Waals surface area contributed by atoms with Gasteiger partial charge in [-0.15, -0.1) is 0 Å². The van der Waals surface area contributed by atoms with Crippen LogP contribution in [-0.4, -0.2) is 36.8 Å². The molecule has 2 rings (SSSR count). The van der Waals surface area contributed by atoms with E-state index in [2.05, 4.69) is 10.6 Å². The largest absolute Gasteiger partial charge is 0.454 e. The Hall–Kier alpha value is -3.55. The predicted molar refractivity (Wildman–Crippen MR) is 107 cm³/mol. The Balaban J connectivity index is 1.77. The van der Waals surface area contributed by atoms with Gasteiger partial charge in [0.15, 0.2) is 6.61 Å². The summed E-state index contributed by atoms with van der Waals surface area (Å²) in [6, 6.07) is 12.1. The minimum absolute atomic E-state index is 0.0687. The van der Waals surface area contributed by atoms with Crippen LogP contribution in [-0.2, 0) is 19.7 Å². The third-order valence-corrected chi connectivity index (χ3v) is 4.14. The van der Waals surface area contributed by atoms with Crippen molar-refractivity contribution in [2.75, 3.05) is 13.2 Å². The van der Waals surface area contributed by atoms with Crippen LogP contribution >= 0.6 is 0 Å². The topological polar surface area (TPSA) is 102 Å². The number of amides is 3. The van der Waals surface area contributed by atoms with Crippen LogP contribution in [0.5, 0.6) is 0 Å². The Labute approximate surface area is 173 Å². The number of rotatable bonds is 6. The zero-order valence-corrected chi connectivity index (χ0v) is 17.0. The number of carbonyl (C=O) groups is 4. The summed E-state index contributed by atoms with van der Waals surface area (Å²) in [5, 5.41) is 4.31. The fourth-order valence-corrected chi connectivity index (χ4v) is 2.45. The highest BCUT2D eigenvalue weighted by Crippen LogP contribution is 2.22. The van der Waals surface area contributed by atoms with Gasteiger partial charge < -0.3 is 10.1 Å². The molecule has 0 unspecified atom stereocenters. The fourth-order valence-electron chi connectivity index (χ4n) is 2.45. The van der Waals surface area contributed by atoms with Gasteiger partial charge in [0.2, 0.25) is 0 Å². The molecule has 2 aromatic carbocycles. The first-order valence-electron chi connectivity index (χ1n) is 9.21. The summed E-state index contributed by atoms with van der Waals surface area (Å²) in [7, 11) is 0. The van der Waals surface area contributed by atoms with Gasteiger partial charge in [-0.3, -0.25) is 24.5 Å². The van der Waals surface area contributed by atoms with Crippen LogP contribution in [0.25, 0.3) is 0 Å². The minimum Gasteiger partial charge on any atom is -0.454 e. The van der Waals surface area contributed by atoms with Crippen LogP contribution in [0.1, 0.15) is 47.1 Å². The lowest BCUT2D eigenvalue weighted by Gasteiger charge is -2.19. The van der Waals surface area contributed by atoms with E-state index in [1.54, 1.807) is 24.3 Å². The first-order chi connectivity index (χ1) is 14.1. The maximum Gasteiger partial charge on any atom is 0.325 e. The third-order valence-electron chi connectivity index (χ3n) is 4.14. The highest BCUT2D eigenvalue weighted by Gasteiger charge is 2.17. The van der Waals surface area contributed by atoms with Crippen molar-refractivity contribution in [3.8, 4) is 0 Å². The molecule has 7 nitrogen and oxygen atoms in total. The van der Waals surface area contributed by atoms with Gasteiger partial charge in [0, 0.05) is 5.56 Å². The summed E-state index contributed by atoms with van der Waals surface area (Å²) in [4.78, 5) is 47.4. The molecule has 30 heavy (non-hydrogen) atoms. The lowest BCUT2D eigenvalue weighted by atomic mass is 9.87. The summed E-state index contributed by atoms with van der Waals surface area (Å²) in [5.41, 5.74) is 1.04. The first kappa shape index (κ1) is 22.7. The highest BCUT2D eigenvalue weighted by atomic mass is 19.1. The number of hydrogen-bond acceptors (Lipinski definition) is 5. The second-order valence-corrected chi connectivity index (χ2v) is 7.53. The summed E-state index contributed by atoms with van der Waals surface area (Å²) < 4.78 is 18.2. The van der Waals surface area contributed by atoms with Crippen LogP contribution < -0.4 is 10.6 Å². The maximum atomic E-state index is 13.5. The Bertz CT molecular complexity index is 949. The molecule has 0 spiro atoms. The van der Waals surface area contributed by atoms with E-state index in [-0.39, 0.29) is 11.0 Å². The van der Waals surface area contributed by atoms with Gasteiger partial charge in [0.1, 0.15) is 12.4 Å². The Morgan fingerprint density at radius 2 is 1.57 bits per heavy atom. The maximum absolute atomic E-state index is 13.5. The smallest absolute Gasteiger partial charge is 0.325 e. The molecule has 3 amide bonds. The number of benzene rings is 2. The molecule has 0 bridgehead atoms. The van der Waals surface area contributed by atoms with E-state index in [0.717, 1.165) is 11.6 Å². The molecule has 0 aliphatic rings. The zero-order chi connectivity index (χ0) is 22.3. The van der Waals surface area contributed by atoms with Gasteiger partial charge >= 0.3 is 5.97 Å². The number of esters is 1. The molecular weight excluding hydrogens is 391 g/mol. The van der Waals surface area contributed by atoms with Crippen LogP contribution in [0.3, 0.4) is 0 Å². The number of ether oxygens (including phenoxy) is 1. The van der Waals surface area contributed by atoms with Crippen LogP contribution in [0.2, 0.25) is 0 Å². The van der Waals surface area contributed by atoms with E-state index >= 15 is 0 Å². The first-order valence-corrected chi connectivity index (χ1v) is 9.21. The minimum atomic E-state index is -0.906. The van der Waals surface area contributed by atoms with Crippen molar-refractivity contribution in [3.63, 3.8) is 0 Å². The lowest BCUT2D eigenvalue weighted by Crippen LogP contribution is -2.36. The quantitative estimate of drug-likeness (QED) is 0.707. The van der Waals surface area contributed by atoms with Crippen molar-refractivity contribution in [2.24, 2.45) is 0 Å². The number of carbonyl (C=O) groups excluding carboxylic acids is 4. The number of nitrogens with one attached hydrogen (secondary N) is 2. The molecule has 0 aromatic heterocycles. The van der Waals surface area contributed by atoms with Crippen molar-refractivity contribution in [2.45, 2.75) is 26.2 Å². The monoisotopic (exact) mass is 414 g/mol. The number of hydrogen-bond donors (Lipinski definition) is 2. The highest BCUT2D eigenvalue weighted by molar-refractivity contribution is 6.05. The normalized spacial score (nSPS) is 10.8. The molecule has 158 valence electrons. The van der Waals surface area contributed by atoms with Gasteiger partial charge in [0.25, 0.3) is 17.7 Å². The van der Waals surface area contributed by atoms with Crippen molar-refractivity contribution in [1.82, 2.24) is 10.6 Å². The Morgan fingerprint density at radius 1 is 0.933 bits per heavy atom. The van der Waals surface area contributed by atoms with Crippen LogP contribution in [0.4, 0.5) is 4.39 Å². The van der Waals surface area contributed by atoms with Gasteiger partial charge in [-0.1, -0.05) is 45.0 Å². The summed E-state index contributed by atoms with van der Waals surface area (Å²) in [5.74, 6) is -3.85. The van der Waals surface area contributed by atoms with Gasteiger partial charge in [-0.2, -0.15) is 0 Å². The average molecular weight is 414 g/mol. The van der Waals surface area contributed by atoms with E-state index < -0.39 is 42.7 Å². The molecule has 0 heterocycles. The van der Waals surface area contributed by atoms with Crippen molar-refractivity contribution in [1.29, 1.82) is 0 Å². The number of halogens is 1. The van der Waals surface area contributed by atoms with Crippen LogP contribution in [0, 0.1) is 5.82 Å². The fraction of sp³-hybridized carbons (Fsp3) is 0.273. The standard InChI is InChI=1S/C22H23FN2O5/c1-22(2,3)15-10-8-14(9-11-15)20(28)25-18(26)13-30-19(27)12-24-21(29)16-6-4-5-7-17(16)23/h4-11H,12-13H2,1-3H3,(H,24,29)(H,25,26,28). The molecule has 2 aromatic rings. The molecule has 0 aliphatic carbocycles. The second-order valence-electron chi connectivity index (χ2n) is 7.53. The Kier molecular flexibility index (Phi) is 7.41. The summed E-state index contributed by atoms with van der Waals surface area (Å²) in [6.07, 6.45) is 0. The van der Waals surface area contributed by atoms with E-state index in [1.807, 2.05) is 20.8 Å². The van der Waals surface area contributed by atoms with Crippen molar-refractivity contribution in [3.05, 3.63) is 71.0 Å². The van der Waals surface area contributed by atoms with Gasteiger partial charge in [0.05, 0.1) is 5.56 Å². The third kappa shape index (κ3) is 6.51. The molecule has 0 radical (unpaired) electrons. The molecule has 0 fully saturated rings. The van der Waals surface area contributed by atoms with E-state index in [0.29, 0.717) is 5.56 Å². The zero-order valence-electron chi connectivity index (χ0n) is 17.0. The molecular formula is C22H23FN2O5. The van der Waals surface area contributed by atoms with E-state index in [1.165, 1.54) is 18.2 Å². The van der Waals surface area contributed by atoms with Crippen molar-refractivity contribution < 1.29 is 28.3 Å². The number of imide groups is 1. The molecule has 0 atom stereocenters. The van der Waals surface area contributed by atoms with Crippen molar-refractivity contribution >= 4 is 23.7 Å². The molecule has 2 N–H and O–H groups in total. The van der Waals surface area contributed by atoms with E-state index in [4.69, 9.17) is 4.74 Å². The average Bonchev–Trinajstić information content (AvgIpc) is 2.70. The Morgan fingerprint density at radius 3 is 2.17 bits per heavy atom. The lowest BCUT2D eigenvalue weighted by molar-refractivity contribution is -0.147. The van der Waals surface area contributed by atoms with E-state index in [9.17, 15) is 23.6 Å². The molecule has 0 saturated carbocycles. The molecule has 0 saturated heterocycles. The SMILES string of the molecule is CC(C)(C)c1ccc(C(=O)NC(=O)COC(=O)CNC(=O)c2ccccc2F)cc1. The molecule has 8 heteroatoms. The van der Waals surface area contributed by atoms with Gasteiger partial charge in [-0.05, 0) is 35.2 Å². The van der Waals surface area contributed by atoms with Crippen LogP contribution in [0.15, 0.2) is 48.5 Å². The summed E-state index contributed by atoms with van der Waals surface area (Å²) >= 11 is 0. The second kappa shape index (κ2) is 9.78. The van der Waals surface area contributed by atoms with Gasteiger partial charge in [-0.25, -0.2) is 4.39 Å².